The fourth-order valence-electron chi connectivity index (χ4n) is 2.61. The Kier molecular flexibility index (Phi) is 10.5. The van der Waals surface area contributed by atoms with E-state index in [0.717, 1.165) is 12.8 Å². The first-order valence-corrected chi connectivity index (χ1v) is 10.5. The minimum atomic E-state index is -4.42. The summed E-state index contributed by atoms with van der Waals surface area (Å²) in [6.45, 7) is 2.11. The molecule has 0 saturated heterocycles. The van der Waals surface area contributed by atoms with E-state index < -0.39 is 7.82 Å². The molecule has 0 aliphatic rings. The number of benzene rings is 1. The number of hydrogen-bond acceptors (Lipinski definition) is 3. The number of nitrogens with two attached hydrogens (primary N) is 1. The molecule has 24 heavy (non-hydrogen) atoms. The SMILES string of the molecule is CCCCCCCCc1ccc(CCC(N)COP(=O)(O)O)cc1. The largest absolute Gasteiger partial charge is 0.469 e. The summed E-state index contributed by atoms with van der Waals surface area (Å²) >= 11 is 0. The van der Waals surface area contributed by atoms with E-state index in [1.165, 1.54) is 49.7 Å². The molecule has 0 saturated carbocycles. The van der Waals surface area contributed by atoms with Crippen molar-refractivity contribution in [3.05, 3.63) is 35.4 Å². The van der Waals surface area contributed by atoms with Crippen molar-refractivity contribution >= 4 is 7.82 Å². The van der Waals surface area contributed by atoms with Gasteiger partial charge in [-0.2, -0.15) is 0 Å². The van der Waals surface area contributed by atoms with E-state index in [9.17, 15) is 4.57 Å². The van der Waals surface area contributed by atoms with Crippen LogP contribution in [0.3, 0.4) is 0 Å². The molecule has 0 aliphatic carbocycles. The van der Waals surface area contributed by atoms with Crippen molar-refractivity contribution in [2.45, 2.75) is 70.8 Å². The Morgan fingerprint density at radius 2 is 1.54 bits per heavy atom. The topological polar surface area (TPSA) is 92.8 Å². The van der Waals surface area contributed by atoms with Gasteiger partial charge >= 0.3 is 7.82 Å². The second-order valence-electron chi connectivity index (χ2n) is 6.42. The minimum absolute atomic E-state index is 0.125. The average Bonchev–Trinajstić information content (AvgIpc) is 2.54. The molecule has 0 heterocycles. The van der Waals surface area contributed by atoms with E-state index in [4.69, 9.17) is 15.5 Å². The van der Waals surface area contributed by atoms with E-state index >= 15 is 0 Å². The lowest BCUT2D eigenvalue weighted by Gasteiger charge is -2.12. The first-order valence-electron chi connectivity index (χ1n) is 8.94. The van der Waals surface area contributed by atoms with Crippen LogP contribution in [0.2, 0.25) is 0 Å². The number of phosphoric acid groups is 1. The zero-order valence-corrected chi connectivity index (χ0v) is 15.6. The van der Waals surface area contributed by atoms with Gasteiger partial charge in [0.2, 0.25) is 0 Å². The van der Waals surface area contributed by atoms with Gasteiger partial charge in [-0.25, -0.2) is 4.57 Å². The van der Waals surface area contributed by atoms with Crippen LogP contribution in [-0.2, 0) is 21.9 Å². The predicted octanol–water partition coefficient (Wildman–Crippen LogP) is 3.96. The molecule has 6 heteroatoms. The third-order valence-electron chi connectivity index (χ3n) is 4.10. The van der Waals surface area contributed by atoms with Crippen molar-refractivity contribution in [3.63, 3.8) is 0 Å². The molecule has 4 N–H and O–H groups in total. The van der Waals surface area contributed by atoms with Gasteiger partial charge in [-0.1, -0.05) is 63.3 Å². The zero-order valence-electron chi connectivity index (χ0n) is 14.7. The van der Waals surface area contributed by atoms with Gasteiger partial charge in [0.05, 0.1) is 6.61 Å². The lowest BCUT2D eigenvalue weighted by atomic mass is 10.0. The molecule has 0 amide bonds. The smallest absolute Gasteiger partial charge is 0.326 e. The quantitative estimate of drug-likeness (QED) is 0.367. The fraction of sp³-hybridized carbons (Fsp3) is 0.667. The Bertz CT molecular complexity index is 486. The van der Waals surface area contributed by atoms with Crippen molar-refractivity contribution in [1.29, 1.82) is 0 Å². The van der Waals surface area contributed by atoms with Gasteiger partial charge in [-0.05, 0) is 36.8 Å². The number of aryl methyl sites for hydroxylation is 2. The highest BCUT2D eigenvalue weighted by Crippen LogP contribution is 2.35. The van der Waals surface area contributed by atoms with Crippen LogP contribution in [-0.4, -0.2) is 22.4 Å². The standard InChI is InChI=1S/C18H32NO4P/c1-2-3-4-5-6-7-8-16-9-11-17(12-10-16)13-14-18(19)15-23-24(20,21)22/h9-12,18H,2-8,13-15,19H2,1H3,(H2,20,21,22). The molecule has 0 bridgehead atoms. The van der Waals surface area contributed by atoms with E-state index in [2.05, 4.69) is 35.7 Å². The summed E-state index contributed by atoms with van der Waals surface area (Å²) in [7, 11) is -4.42. The highest BCUT2D eigenvalue weighted by Gasteiger charge is 2.15. The van der Waals surface area contributed by atoms with Gasteiger partial charge in [-0.15, -0.1) is 0 Å². The molecule has 0 aromatic heterocycles. The maximum Gasteiger partial charge on any atom is 0.469 e. The number of unbranched alkanes of at least 4 members (excludes halogenated alkanes) is 5. The van der Waals surface area contributed by atoms with Crippen molar-refractivity contribution in [2.24, 2.45) is 5.73 Å². The third kappa shape index (κ3) is 11.0. The molecule has 0 fully saturated rings. The Morgan fingerprint density at radius 1 is 1.00 bits per heavy atom. The summed E-state index contributed by atoms with van der Waals surface area (Å²) in [4.78, 5) is 17.3. The molecular weight excluding hydrogens is 325 g/mol. The van der Waals surface area contributed by atoms with Gasteiger partial charge in [0, 0.05) is 6.04 Å². The van der Waals surface area contributed by atoms with Gasteiger partial charge in [0.15, 0.2) is 0 Å². The summed E-state index contributed by atoms with van der Waals surface area (Å²) in [5.41, 5.74) is 8.36. The molecule has 1 aromatic carbocycles. The highest BCUT2D eigenvalue weighted by molar-refractivity contribution is 7.46. The first-order chi connectivity index (χ1) is 11.4. The summed E-state index contributed by atoms with van der Waals surface area (Å²) < 4.78 is 15.0. The van der Waals surface area contributed by atoms with Crippen LogP contribution in [0.1, 0.15) is 63.0 Å². The summed E-state index contributed by atoms with van der Waals surface area (Å²) in [5, 5.41) is 0. The van der Waals surface area contributed by atoms with Crippen LogP contribution in [0.4, 0.5) is 0 Å². The van der Waals surface area contributed by atoms with Crippen molar-refractivity contribution < 1.29 is 18.9 Å². The normalized spacial score (nSPS) is 13.2. The Hall–Kier alpha value is -0.710. The molecular formula is C18H32NO4P. The van der Waals surface area contributed by atoms with Gasteiger partial charge in [-0.3, -0.25) is 4.52 Å². The van der Waals surface area contributed by atoms with Crippen LogP contribution in [0.25, 0.3) is 0 Å². The van der Waals surface area contributed by atoms with Gasteiger partial charge in [0.1, 0.15) is 0 Å². The van der Waals surface area contributed by atoms with Crippen molar-refractivity contribution in [3.8, 4) is 0 Å². The van der Waals surface area contributed by atoms with Crippen LogP contribution < -0.4 is 5.73 Å². The lowest BCUT2D eigenvalue weighted by Crippen LogP contribution is -2.26. The molecule has 1 aromatic rings. The third-order valence-corrected chi connectivity index (χ3v) is 4.59. The molecule has 0 radical (unpaired) electrons. The van der Waals surface area contributed by atoms with E-state index in [1.54, 1.807) is 0 Å². The van der Waals surface area contributed by atoms with Crippen LogP contribution >= 0.6 is 7.82 Å². The molecule has 1 rings (SSSR count). The summed E-state index contributed by atoms with van der Waals surface area (Å²) in [6.07, 6.45) is 10.4. The molecule has 0 spiro atoms. The van der Waals surface area contributed by atoms with E-state index in [1.807, 2.05) is 0 Å². The molecule has 1 atom stereocenters. The van der Waals surface area contributed by atoms with Crippen LogP contribution in [0.15, 0.2) is 24.3 Å². The second-order valence-corrected chi connectivity index (χ2v) is 7.66. The molecule has 1 unspecified atom stereocenters. The van der Waals surface area contributed by atoms with Crippen LogP contribution in [0.5, 0.6) is 0 Å². The monoisotopic (exact) mass is 357 g/mol. The Labute approximate surface area is 145 Å². The predicted molar refractivity (Wildman–Crippen MR) is 97.8 cm³/mol. The lowest BCUT2D eigenvalue weighted by molar-refractivity contribution is 0.184. The maximum absolute atomic E-state index is 10.6. The highest BCUT2D eigenvalue weighted by atomic mass is 31.2. The minimum Gasteiger partial charge on any atom is -0.326 e. The fourth-order valence-corrected chi connectivity index (χ4v) is 3.00. The second kappa shape index (κ2) is 11.8. The maximum atomic E-state index is 10.6. The van der Waals surface area contributed by atoms with Crippen molar-refractivity contribution in [1.82, 2.24) is 0 Å². The summed E-state index contributed by atoms with van der Waals surface area (Å²) in [6, 6.07) is 8.18. The van der Waals surface area contributed by atoms with Gasteiger partial charge < -0.3 is 15.5 Å². The molecule has 138 valence electrons. The Morgan fingerprint density at radius 3 is 2.12 bits per heavy atom. The molecule has 5 nitrogen and oxygen atoms in total. The number of hydrogen-bond donors (Lipinski definition) is 3. The average molecular weight is 357 g/mol. The van der Waals surface area contributed by atoms with E-state index in [-0.39, 0.29) is 12.6 Å². The molecule has 0 aliphatic heterocycles. The van der Waals surface area contributed by atoms with Gasteiger partial charge in [0.25, 0.3) is 0 Å². The zero-order chi connectivity index (χ0) is 17.8. The Balaban J connectivity index is 2.21. The number of phosphoric ester groups is 1. The van der Waals surface area contributed by atoms with Crippen LogP contribution in [0, 0.1) is 0 Å². The first kappa shape index (κ1) is 21.3. The summed E-state index contributed by atoms with van der Waals surface area (Å²) in [5.74, 6) is 0. The number of rotatable bonds is 13. The van der Waals surface area contributed by atoms with Crippen molar-refractivity contribution in [2.75, 3.05) is 6.61 Å². The van der Waals surface area contributed by atoms with E-state index in [0.29, 0.717) is 6.42 Å².